The Bertz CT molecular complexity index is 775. The SMILES string of the molecule is CC[C@@H](C(=O)NC(C)C)N(Cc1ccc(OC)cc1)C(=O)COc1ccccc1. The lowest BCUT2D eigenvalue weighted by Gasteiger charge is -2.31. The maximum atomic E-state index is 13.0. The summed E-state index contributed by atoms with van der Waals surface area (Å²) in [5.74, 6) is 0.952. The zero-order valence-corrected chi connectivity index (χ0v) is 17.6. The Morgan fingerprint density at radius 3 is 2.21 bits per heavy atom. The Kier molecular flexibility index (Phi) is 8.52. The Balaban J connectivity index is 2.19. The molecule has 0 aliphatic rings. The molecular weight excluding hydrogens is 368 g/mol. The highest BCUT2D eigenvalue weighted by Crippen LogP contribution is 2.17. The number of para-hydroxylation sites is 1. The van der Waals surface area contributed by atoms with Crippen LogP contribution in [0.25, 0.3) is 0 Å². The number of nitrogens with one attached hydrogen (secondary N) is 1. The van der Waals surface area contributed by atoms with Crippen molar-refractivity contribution in [3.8, 4) is 11.5 Å². The normalized spacial score (nSPS) is 11.6. The predicted molar refractivity (Wildman–Crippen MR) is 113 cm³/mol. The molecule has 6 nitrogen and oxygen atoms in total. The third-order valence-corrected chi connectivity index (χ3v) is 4.43. The molecular formula is C23H30N2O4. The average Bonchev–Trinajstić information content (AvgIpc) is 2.72. The van der Waals surface area contributed by atoms with Crippen molar-refractivity contribution in [3.05, 3.63) is 60.2 Å². The van der Waals surface area contributed by atoms with Crippen LogP contribution >= 0.6 is 0 Å². The standard InChI is InChI=1S/C23H30N2O4/c1-5-21(23(27)24-17(2)3)25(15-18-11-13-19(28-4)14-12-18)22(26)16-29-20-9-7-6-8-10-20/h6-14,17,21H,5,15-16H2,1-4H3,(H,24,27)/t21-/m0/s1. The number of nitrogens with zero attached hydrogens (tertiary/aromatic N) is 1. The summed E-state index contributed by atoms with van der Waals surface area (Å²) < 4.78 is 10.8. The lowest BCUT2D eigenvalue weighted by molar-refractivity contribution is -0.143. The molecule has 0 radical (unpaired) electrons. The molecule has 0 aliphatic heterocycles. The monoisotopic (exact) mass is 398 g/mol. The van der Waals surface area contributed by atoms with Crippen LogP contribution in [0.2, 0.25) is 0 Å². The summed E-state index contributed by atoms with van der Waals surface area (Å²) in [6.45, 7) is 5.88. The van der Waals surface area contributed by atoms with E-state index >= 15 is 0 Å². The van der Waals surface area contributed by atoms with E-state index in [0.29, 0.717) is 18.7 Å². The molecule has 0 aromatic heterocycles. The number of methoxy groups -OCH3 is 1. The maximum absolute atomic E-state index is 13.0. The summed E-state index contributed by atoms with van der Waals surface area (Å²) in [4.78, 5) is 27.3. The highest BCUT2D eigenvalue weighted by atomic mass is 16.5. The van der Waals surface area contributed by atoms with Crippen LogP contribution < -0.4 is 14.8 Å². The van der Waals surface area contributed by atoms with Crippen LogP contribution in [-0.2, 0) is 16.1 Å². The Morgan fingerprint density at radius 2 is 1.66 bits per heavy atom. The zero-order chi connectivity index (χ0) is 21.2. The van der Waals surface area contributed by atoms with Gasteiger partial charge in [-0.3, -0.25) is 9.59 Å². The minimum atomic E-state index is -0.577. The first kappa shape index (κ1) is 22.3. The molecule has 0 saturated carbocycles. The first-order chi connectivity index (χ1) is 13.9. The molecule has 0 saturated heterocycles. The molecule has 0 spiro atoms. The molecule has 2 rings (SSSR count). The van der Waals surface area contributed by atoms with Gasteiger partial charge >= 0.3 is 0 Å². The van der Waals surface area contributed by atoms with Gasteiger partial charge < -0.3 is 19.7 Å². The summed E-state index contributed by atoms with van der Waals surface area (Å²) >= 11 is 0. The van der Waals surface area contributed by atoms with E-state index in [1.54, 1.807) is 24.1 Å². The van der Waals surface area contributed by atoms with Gasteiger partial charge in [0.25, 0.3) is 5.91 Å². The molecule has 2 aromatic carbocycles. The third kappa shape index (κ3) is 6.82. The second kappa shape index (κ2) is 11.1. The van der Waals surface area contributed by atoms with E-state index in [1.165, 1.54) is 0 Å². The molecule has 6 heteroatoms. The van der Waals surface area contributed by atoms with Gasteiger partial charge in [0.15, 0.2) is 6.61 Å². The molecule has 1 N–H and O–H groups in total. The second-order valence-electron chi connectivity index (χ2n) is 7.06. The summed E-state index contributed by atoms with van der Waals surface area (Å²) in [7, 11) is 1.61. The van der Waals surface area contributed by atoms with Gasteiger partial charge in [-0.25, -0.2) is 0 Å². The topological polar surface area (TPSA) is 67.9 Å². The van der Waals surface area contributed by atoms with Gasteiger partial charge in [-0.1, -0.05) is 37.3 Å². The summed E-state index contributed by atoms with van der Waals surface area (Å²) in [6, 6.07) is 16.1. The van der Waals surface area contributed by atoms with Crippen molar-refractivity contribution in [1.29, 1.82) is 0 Å². The molecule has 0 fully saturated rings. The van der Waals surface area contributed by atoms with Gasteiger partial charge in [0.05, 0.1) is 7.11 Å². The first-order valence-corrected chi connectivity index (χ1v) is 9.85. The maximum Gasteiger partial charge on any atom is 0.261 e. The minimum absolute atomic E-state index is 0.00458. The van der Waals surface area contributed by atoms with Crippen molar-refractivity contribution in [3.63, 3.8) is 0 Å². The molecule has 156 valence electrons. The fraction of sp³-hybridized carbons (Fsp3) is 0.391. The molecule has 0 aliphatic carbocycles. The number of ether oxygens (including phenoxy) is 2. The van der Waals surface area contributed by atoms with Crippen LogP contribution in [0.15, 0.2) is 54.6 Å². The van der Waals surface area contributed by atoms with Crippen LogP contribution in [0.1, 0.15) is 32.8 Å². The summed E-state index contributed by atoms with van der Waals surface area (Å²) in [5, 5.41) is 2.91. The van der Waals surface area contributed by atoms with E-state index in [9.17, 15) is 9.59 Å². The van der Waals surface area contributed by atoms with Gasteiger partial charge in [0, 0.05) is 12.6 Å². The predicted octanol–water partition coefficient (Wildman–Crippen LogP) is 3.41. The number of rotatable bonds is 10. The molecule has 29 heavy (non-hydrogen) atoms. The van der Waals surface area contributed by atoms with Crippen molar-refractivity contribution >= 4 is 11.8 Å². The van der Waals surface area contributed by atoms with Gasteiger partial charge in [-0.05, 0) is 50.1 Å². The van der Waals surface area contributed by atoms with Crippen LogP contribution in [0, 0.1) is 0 Å². The van der Waals surface area contributed by atoms with Crippen LogP contribution in [0.5, 0.6) is 11.5 Å². The lowest BCUT2D eigenvalue weighted by Crippen LogP contribution is -2.51. The van der Waals surface area contributed by atoms with E-state index in [-0.39, 0.29) is 24.5 Å². The third-order valence-electron chi connectivity index (χ3n) is 4.43. The van der Waals surface area contributed by atoms with Gasteiger partial charge in [0.1, 0.15) is 17.5 Å². The van der Waals surface area contributed by atoms with Crippen LogP contribution in [0.3, 0.4) is 0 Å². The van der Waals surface area contributed by atoms with Crippen molar-refractivity contribution < 1.29 is 19.1 Å². The molecule has 2 amide bonds. The highest BCUT2D eigenvalue weighted by Gasteiger charge is 2.29. The van der Waals surface area contributed by atoms with Crippen molar-refractivity contribution in [2.24, 2.45) is 0 Å². The second-order valence-corrected chi connectivity index (χ2v) is 7.06. The van der Waals surface area contributed by atoms with Crippen LogP contribution in [-0.4, -0.2) is 42.5 Å². The smallest absolute Gasteiger partial charge is 0.261 e. The summed E-state index contributed by atoms with van der Waals surface area (Å²) in [5.41, 5.74) is 0.912. The van der Waals surface area contributed by atoms with E-state index < -0.39 is 6.04 Å². The van der Waals surface area contributed by atoms with Crippen molar-refractivity contribution in [1.82, 2.24) is 10.2 Å². The van der Waals surface area contributed by atoms with E-state index in [0.717, 1.165) is 11.3 Å². The number of carbonyl (C=O) groups excluding carboxylic acids is 2. The highest BCUT2D eigenvalue weighted by molar-refractivity contribution is 5.88. The van der Waals surface area contributed by atoms with Crippen molar-refractivity contribution in [2.45, 2.75) is 45.8 Å². The number of hydrogen-bond donors (Lipinski definition) is 1. The molecule has 2 aromatic rings. The lowest BCUT2D eigenvalue weighted by atomic mass is 10.1. The van der Waals surface area contributed by atoms with Crippen molar-refractivity contribution in [2.75, 3.05) is 13.7 Å². The number of carbonyl (C=O) groups is 2. The fourth-order valence-corrected chi connectivity index (χ4v) is 2.97. The largest absolute Gasteiger partial charge is 0.497 e. The number of hydrogen-bond acceptors (Lipinski definition) is 4. The van der Waals surface area contributed by atoms with E-state index in [1.807, 2.05) is 63.2 Å². The molecule has 0 bridgehead atoms. The Morgan fingerprint density at radius 1 is 1.00 bits per heavy atom. The molecule has 0 unspecified atom stereocenters. The average molecular weight is 399 g/mol. The van der Waals surface area contributed by atoms with E-state index in [2.05, 4.69) is 5.32 Å². The quantitative estimate of drug-likeness (QED) is 0.666. The first-order valence-electron chi connectivity index (χ1n) is 9.85. The fourth-order valence-electron chi connectivity index (χ4n) is 2.97. The van der Waals surface area contributed by atoms with Gasteiger partial charge in [-0.2, -0.15) is 0 Å². The number of amides is 2. The molecule has 1 atom stereocenters. The Hall–Kier alpha value is -3.02. The minimum Gasteiger partial charge on any atom is -0.497 e. The van der Waals surface area contributed by atoms with Crippen LogP contribution in [0.4, 0.5) is 0 Å². The van der Waals surface area contributed by atoms with Gasteiger partial charge in [-0.15, -0.1) is 0 Å². The van der Waals surface area contributed by atoms with Gasteiger partial charge in [0.2, 0.25) is 5.91 Å². The number of benzene rings is 2. The molecule has 0 heterocycles. The Labute approximate surface area is 172 Å². The zero-order valence-electron chi connectivity index (χ0n) is 17.6. The van der Waals surface area contributed by atoms with E-state index in [4.69, 9.17) is 9.47 Å². The summed E-state index contributed by atoms with van der Waals surface area (Å²) in [6.07, 6.45) is 0.506.